The Labute approximate surface area is 128 Å². The van der Waals surface area contributed by atoms with Crippen molar-refractivity contribution in [1.29, 1.82) is 0 Å². The van der Waals surface area contributed by atoms with Gasteiger partial charge >= 0.3 is 0 Å². The fourth-order valence-electron chi connectivity index (χ4n) is 2.83. The first-order chi connectivity index (χ1) is 10.3. The highest BCUT2D eigenvalue weighted by molar-refractivity contribution is 5.78. The summed E-state index contributed by atoms with van der Waals surface area (Å²) in [6.45, 7) is 3.51. The summed E-state index contributed by atoms with van der Waals surface area (Å²) in [6.07, 6.45) is 8.21. The van der Waals surface area contributed by atoms with E-state index < -0.39 is 0 Å². The lowest BCUT2D eigenvalue weighted by Crippen LogP contribution is -2.27. The zero-order valence-electron chi connectivity index (χ0n) is 13.1. The number of rotatable bonds is 7. The van der Waals surface area contributed by atoms with Crippen molar-refractivity contribution in [3.63, 3.8) is 0 Å². The van der Waals surface area contributed by atoms with Crippen LogP contribution in [-0.4, -0.2) is 25.2 Å². The van der Waals surface area contributed by atoms with Gasteiger partial charge in [0.2, 0.25) is 5.91 Å². The van der Waals surface area contributed by atoms with Crippen LogP contribution in [0.1, 0.15) is 49.7 Å². The molecular formula is C18H27NO2. The van der Waals surface area contributed by atoms with Crippen LogP contribution >= 0.6 is 0 Å². The molecule has 1 aromatic carbocycles. The van der Waals surface area contributed by atoms with E-state index in [9.17, 15) is 4.79 Å². The molecule has 1 aliphatic rings. The van der Waals surface area contributed by atoms with Crippen LogP contribution in [0.4, 0.5) is 0 Å². The molecule has 0 heterocycles. The van der Waals surface area contributed by atoms with Crippen LogP contribution in [0.2, 0.25) is 0 Å². The Hall–Kier alpha value is -1.35. The minimum absolute atomic E-state index is 0.0990. The average molecular weight is 289 g/mol. The second-order valence-electron chi connectivity index (χ2n) is 5.94. The van der Waals surface area contributed by atoms with Gasteiger partial charge in [-0.15, -0.1) is 0 Å². The molecule has 2 rings (SSSR count). The highest BCUT2D eigenvalue weighted by Gasteiger charge is 2.13. The molecule has 0 aromatic heterocycles. The SMILES string of the molecule is Cc1ccccc1CC(=O)NCCCOC1CCCCC1. The zero-order valence-corrected chi connectivity index (χ0v) is 13.1. The highest BCUT2D eigenvalue weighted by atomic mass is 16.5. The molecule has 0 atom stereocenters. The molecule has 1 N–H and O–H groups in total. The van der Waals surface area contributed by atoms with Gasteiger partial charge in [0.1, 0.15) is 0 Å². The van der Waals surface area contributed by atoms with E-state index in [1.807, 2.05) is 31.2 Å². The van der Waals surface area contributed by atoms with Gasteiger partial charge in [0.25, 0.3) is 0 Å². The molecular weight excluding hydrogens is 262 g/mol. The van der Waals surface area contributed by atoms with Crippen molar-refractivity contribution in [3.8, 4) is 0 Å². The molecule has 0 radical (unpaired) electrons. The first-order valence-electron chi connectivity index (χ1n) is 8.18. The van der Waals surface area contributed by atoms with Gasteiger partial charge in [-0.25, -0.2) is 0 Å². The maximum absolute atomic E-state index is 11.9. The lowest BCUT2D eigenvalue weighted by atomic mass is 9.98. The predicted octanol–water partition coefficient (Wildman–Crippen LogP) is 3.39. The summed E-state index contributed by atoms with van der Waals surface area (Å²) in [5.41, 5.74) is 2.28. The summed E-state index contributed by atoms with van der Waals surface area (Å²) in [6, 6.07) is 8.04. The lowest BCUT2D eigenvalue weighted by Gasteiger charge is -2.21. The number of aryl methyl sites for hydroxylation is 1. The van der Waals surface area contributed by atoms with Crippen molar-refractivity contribution in [2.45, 2.75) is 58.0 Å². The number of amides is 1. The van der Waals surface area contributed by atoms with Crippen molar-refractivity contribution in [2.24, 2.45) is 0 Å². The minimum atomic E-state index is 0.0990. The summed E-state index contributed by atoms with van der Waals surface area (Å²) < 4.78 is 5.85. The van der Waals surface area contributed by atoms with Crippen molar-refractivity contribution < 1.29 is 9.53 Å². The molecule has 1 fully saturated rings. The fraction of sp³-hybridized carbons (Fsp3) is 0.611. The van der Waals surface area contributed by atoms with E-state index in [1.54, 1.807) is 0 Å². The molecule has 0 saturated heterocycles. The number of ether oxygens (including phenoxy) is 1. The molecule has 1 aliphatic carbocycles. The Balaban J connectivity index is 1.56. The molecule has 1 saturated carbocycles. The van der Waals surface area contributed by atoms with Crippen molar-refractivity contribution in [2.75, 3.05) is 13.2 Å². The van der Waals surface area contributed by atoms with E-state index in [4.69, 9.17) is 4.74 Å². The summed E-state index contributed by atoms with van der Waals surface area (Å²) >= 11 is 0. The smallest absolute Gasteiger partial charge is 0.224 e. The van der Waals surface area contributed by atoms with Gasteiger partial charge in [-0.05, 0) is 37.3 Å². The van der Waals surface area contributed by atoms with Crippen LogP contribution in [-0.2, 0) is 16.0 Å². The van der Waals surface area contributed by atoms with E-state index in [-0.39, 0.29) is 5.91 Å². The fourth-order valence-corrected chi connectivity index (χ4v) is 2.83. The van der Waals surface area contributed by atoms with E-state index in [0.717, 1.165) is 18.6 Å². The van der Waals surface area contributed by atoms with Crippen LogP contribution in [0, 0.1) is 6.92 Å². The van der Waals surface area contributed by atoms with Gasteiger partial charge in [0, 0.05) is 13.2 Å². The Kier molecular flexibility index (Phi) is 6.74. The van der Waals surface area contributed by atoms with Gasteiger partial charge in [-0.3, -0.25) is 4.79 Å². The Morgan fingerprint density at radius 1 is 1.24 bits per heavy atom. The third kappa shape index (κ3) is 5.88. The number of carbonyl (C=O) groups is 1. The second kappa shape index (κ2) is 8.83. The summed E-state index contributed by atoms with van der Waals surface area (Å²) in [7, 11) is 0. The number of nitrogens with one attached hydrogen (secondary N) is 1. The van der Waals surface area contributed by atoms with E-state index in [2.05, 4.69) is 5.32 Å². The second-order valence-corrected chi connectivity index (χ2v) is 5.94. The van der Waals surface area contributed by atoms with Crippen LogP contribution in [0.3, 0.4) is 0 Å². The topological polar surface area (TPSA) is 38.3 Å². The number of hydrogen-bond donors (Lipinski definition) is 1. The van der Waals surface area contributed by atoms with Crippen LogP contribution in [0.5, 0.6) is 0 Å². The summed E-state index contributed by atoms with van der Waals surface area (Å²) in [5, 5.41) is 2.98. The normalized spacial score (nSPS) is 15.9. The maximum Gasteiger partial charge on any atom is 0.224 e. The standard InChI is InChI=1S/C18H27NO2/c1-15-8-5-6-9-16(15)14-18(20)19-12-7-13-21-17-10-3-2-4-11-17/h5-6,8-9,17H,2-4,7,10-14H2,1H3,(H,19,20). The number of carbonyl (C=O) groups excluding carboxylic acids is 1. The molecule has 0 unspecified atom stereocenters. The van der Waals surface area contributed by atoms with E-state index in [0.29, 0.717) is 19.1 Å². The zero-order chi connectivity index (χ0) is 14.9. The van der Waals surface area contributed by atoms with Gasteiger partial charge in [0.05, 0.1) is 12.5 Å². The summed E-state index contributed by atoms with van der Waals surface area (Å²) in [5.74, 6) is 0.0990. The van der Waals surface area contributed by atoms with E-state index in [1.165, 1.54) is 37.7 Å². The molecule has 0 spiro atoms. The molecule has 0 aliphatic heterocycles. The molecule has 1 amide bonds. The van der Waals surface area contributed by atoms with E-state index >= 15 is 0 Å². The van der Waals surface area contributed by atoms with Crippen LogP contribution in [0.25, 0.3) is 0 Å². The van der Waals surface area contributed by atoms with Crippen molar-refractivity contribution >= 4 is 5.91 Å². The van der Waals surface area contributed by atoms with Crippen LogP contribution < -0.4 is 5.32 Å². The van der Waals surface area contributed by atoms with Gasteiger partial charge < -0.3 is 10.1 Å². The molecule has 3 nitrogen and oxygen atoms in total. The van der Waals surface area contributed by atoms with Crippen molar-refractivity contribution in [3.05, 3.63) is 35.4 Å². The first kappa shape index (κ1) is 16.0. The number of hydrogen-bond acceptors (Lipinski definition) is 2. The first-order valence-corrected chi connectivity index (χ1v) is 8.18. The number of benzene rings is 1. The largest absolute Gasteiger partial charge is 0.378 e. The monoisotopic (exact) mass is 289 g/mol. The highest BCUT2D eigenvalue weighted by Crippen LogP contribution is 2.20. The Morgan fingerprint density at radius 3 is 2.76 bits per heavy atom. The van der Waals surface area contributed by atoms with Crippen molar-refractivity contribution in [1.82, 2.24) is 5.32 Å². The molecule has 3 heteroatoms. The molecule has 21 heavy (non-hydrogen) atoms. The Bertz CT molecular complexity index is 439. The summed E-state index contributed by atoms with van der Waals surface area (Å²) in [4.78, 5) is 11.9. The minimum Gasteiger partial charge on any atom is -0.378 e. The third-order valence-corrected chi connectivity index (χ3v) is 4.16. The van der Waals surface area contributed by atoms with Gasteiger partial charge in [-0.2, -0.15) is 0 Å². The third-order valence-electron chi connectivity index (χ3n) is 4.16. The van der Waals surface area contributed by atoms with Crippen LogP contribution in [0.15, 0.2) is 24.3 Å². The molecule has 1 aromatic rings. The average Bonchev–Trinajstić information content (AvgIpc) is 2.50. The molecule has 0 bridgehead atoms. The molecule has 116 valence electrons. The lowest BCUT2D eigenvalue weighted by molar-refractivity contribution is -0.120. The maximum atomic E-state index is 11.9. The van der Waals surface area contributed by atoms with Gasteiger partial charge in [0.15, 0.2) is 0 Å². The predicted molar refractivity (Wildman–Crippen MR) is 85.3 cm³/mol. The quantitative estimate of drug-likeness (QED) is 0.781. The van der Waals surface area contributed by atoms with Gasteiger partial charge in [-0.1, -0.05) is 43.5 Å². The Morgan fingerprint density at radius 2 is 2.00 bits per heavy atom.